The molecule has 1 aromatic carbocycles. The van der Waals surface area contributed by atoms with Crippen LogP contribution in [0.3, 0.4) is 0 Å². The number of amides is 2. The Morgan fingerprint density at radius 2 is 1.75 bits per heavy atom. The summed E-state index contributed by atoms with van der Waals surface area (Å²) < 4.78 is 0. The summed E-state index contributed by atoms with van der Waals surface area (Å²) in [4.78, 5) is 23.3. The van der Waals surface area contributed by atoms with Crippen molar-refractivity contribution in [3.63, 3.8) is 0 Å². The van der Waals surface area contributed by atoms with Gasteiger partial charge in [0.05, 0.1) is 6.04 Å². The Bertz CT molecular complexity index is 418. The van der Waals surface area contributed by atoms with Gasteiger partial charge in [-0.05, 0) is 18.9 Å². The molecule has 0 heterocycles. The Morgan fingerprint density at radius 1 is 1.05 bits per heavy atom. The summed E-state index contributed by atoms with van der Waals surface area (Å²) in [5.74, 6) is -1.12. The van der Waals surface area contributed by atoms with Crippen molar-refractivity contribution in [2.24, 2.45) is 0 Å². The minimum atomic E-state index is -0.572. The summed E-state index contributed by atoms with van der Waals surface area (Å²) in [6, 6.07) is 9.41. The molecule has 0 saturated heterocycles. The minimum Gasteiger partial charge on any atom is -0.348 e. The maximum absolute atomic E-state index is 11.7. The van der Waals surface area contributed by atoms with E-state index >= 15 is 0 Å². The zero-order valence-electron chi connectivity index (χ0n) is 12.3. The first kappa shape index (κ1) is 16.2. The molecule has 0 aromatic heterocycles. The molecule has 0 bridgehead atoms. The molecular formula is C16H24N2O2. The van der Waals surface area contributed by atoms with Crippen molar-refractivity contribution >= 4 is 11.8 Å². The fraction of sp³-hybridized carbons (Fsp3) is 0.500. The van der Waals surface area contributed by atoms with E-state index < -0.39 is 11.8 Å². The van der Waals surface area contributed by atoms with E-state index in [2.05, 4.69) is 17.6 Å². The molecule has 20 heavy (non-hydrogen) atoms. The second-order valence-electron chi connectivity index (χ2n) is 4.92. The molecule has 0 aliphatic rings. The molecule has 0 aliphatic heterocycles. The lowest BCUT2D eigenvalue weighted by atomic mass is 10.1. The third-order valence-electron chi connectivity index (χ3n) is 3.17. The number of benzene rings is 1. The van der Waals surface area contributed by atoms with E-state index in [0.29, 0.717) is 6.54 Å². The summed E-state index contributed by atoms with van der Waals surface area (Å²) in [5.41, 5.74) is 0.983. The van der Waals surface area contributed by atoms with Crippen LogP contribution in [0, 0.1) is 0 Å². The third kappa shape index (κ3) is 5.87. The van der Waals surface area contributed by atoms with Gasteiger partial charge in [-0.1, -0.05) is 56.5 Å². The zero-order valence-corrected chi connectivity index (χ0v) is 12.3. The van der Waals surface area contributed by atoms with E-state index in [1.165, 1.54) is 0 Å². The van der Waals surface area contributed by atoms with Gasteiger partial charge in [0.1, 0.15) is 0 Å². The predicted octanol–water partition coefficient (Wildman–Crippen LogP) is 2.56. The first-order chi connectivity index (χ1) is 9.65. The van der Waals surface area contributed by atoms with Crippen LogP contribution in [0.2, 0.25) is 0 Å². The molecule has 110 valence electrons. The van der Waals surface area contributed by atoms with Gasteiger partial charge in [0.15, 0.2) is 0 Å². The highest BCUT2D eigenvalue weighted by Crippen LogP contribution is 2.10. The number of nitrogens with one attached hydrogen (secondary N) is 2. The van der Waals surface area contributed by atoms with Gasteiger partial charge in [0, 0.05) is 6.54 Å². The topological polar surface area (TPSA) is 58.2 Å². The molecular weight excluding hydrogens is 252 g/mol. The highest BCUT2D eigenvalue weighted by atomic mass is 16.2. The van der Waals surface area contributed by atoms with E-state index in [4.69, 9.17) is 0 Å². The number of carbonyl (C=O) groups excluding carboxylic acids is 2. The van der Waals surface area contributed by atoms with Crippen LogP contribution < -0.4 is 10.6 Å². The highest BCUT2D eigenvalue weighted by Gasteiger charge is 2.16. The van der Waals surface area contributed by atoms with E-state index in [1.807, 2.05) is 37.3 Å². The average molecular weight is 276 g/mol. The molecule has 0 radical (unpaired) electrons. The van der Waals surface area contributed by atoms with Gasteiger partial charge in [-0.25, -0.2) is 0 Å². The molecule has 2 N–H and O–H groups in total. The van der Waals surface area contributed by atoms with Gasteiger partial charge in [-0.3, -0.25) is 9.59 Å². The Labute approximate surface area is 121 Å². The van der Waals surface area contributed by atoms with Crippen LogP contribution >= 0.6 is 0 Å². The van der Waals surface area contributed by atoms with Crippen LogP contribution in [-0.4, -0.2) is 18.4 Å². The minimum absolute atomic E-state index is 0.172. The van der Waals surface area contributed by atoms with Crippen molar-refractivity contribution in [3.05, 3.63) is 35.9 Å². The molecule has 0 aliphatic carbocycles. The Morgan fingerprint density at radius 3 is 2.40 bits per heavy atom. The van der Waals surface area contributed by atoms with Crippen molar-refractivity contribution in [2.75, 3.05) is 6.54 Å². The number of unbranched alkanes of at least 4 members (excludes halogenated alkanes) is 3. The molecule has 1 atom stereocenters. The maximum Gasteiger partial charge on any atom is 0.309 e. The second-order valence-corrected chi connectivity index (χ2v) is 4.92. The van der Waals surface area contributed by atoms with Gasteiger partial charge in [-0.2, -0.15) is 0 Å². The summed E-state index contributed by atoms with van der Waals surface area (Å²) in [6.07, 6.45) is 4.32. The largest absolute Gasteiger partial charge is 0.348 e. The zero-order chi connectivity index (χ0) is 14.8. The summed E-state index contributed by atoms with van der Waals surface area (Å²) in [7, 11) is 0. The van der Waals surface area contributed by atoms with Crippen LogP contribution in [0.25, 0.3) is 0 Å². The fourth-order valence-corrected chi connectivity index (χ4v) is 1.92. The van der Waals surface area contributed by atoms with Gasteiger partial charge in [0.2, 0.25) is 0 Å². The van der Waals surface area contributed by atoms with Crippen LogP contribution in [0.5, 0.6) is 0 Å². The lowest BCUT2D eigenvalue weighted by Gasteiger charge is -2.14. The Hall–Kier alpha value is -1.84. The lowest BCUT2D eigenvalue weighted by molar-refractivity contribution is -0.139. The van der Waals surface area contributed by atoms with E-state index in [9.17, 15) is 9.59 Å². The van der Waals surface area contributed by atoms with Crippen molar-refractivity contribution in [1.82, 2.24) is 10.6 Å². The van der Waals surface area contributed by atoms with Crippen molar-refractivity contribution in [1.29, 1.82) is 0 Å². The highest BCUT2D eigenvalue weighted by molar-refractivity contribution is 6.35. The van der Waals surface area contributed by atoms with E-state index in [-0.39, 0.29) is 6.04 Å². The number of hydrogen-bond donors (Lipinski definition) is 2. The molecule has 2 amide bonds. The second kappa shape index (κ2) is 9.13. The molecule has 1 aromatic rings. The quantitative estimate of drug-likeness (QED) is 0.594. The summed E-state index contributed by atoms with van der Waals surface area (Å²) in [5, 5.41) is 5.34. The van der Waals surface area contributed by atoms with Gasteiger partial charge < -0.3 is 10.6 Å². The van der Waals surface area contributed by atoms with E-state index in [1.54, 1.807) is 0 Å². The lowest BCUT2D eigenvalue weighted by Crippen LogP contribution is -2.41. The van der Waals surface area contributed by atoms with Crippen LogP contribution in [-0.2, 0) is 9.59 Å². The first-order valence-electron chi connectivity index (χ1n) is 7.28. The van der Waals surface area contributed by atoms with Crippen molar-refractivity contribution in [3.8, 4) is 0 Å². The van der Waals surface area contributed by atoms with Crippen molar-refractivity contribution in [2.45, 2.75) is 45.6 Å². The molecule has 0 saturated carbocycles. The van der Waals surface area contributed by atoms with Crippen LogP contribution in [0.1, 0.15) is 51.1 Å². The van der Waals surface area contributed by atoms with Gasteiger partial charge in [-0.15, -0.1) is 0 Å². The molecule has 0 spiro atoms. The van der Waals surface area contributed by atoms with Gasteiger partial charge in [0.25, 0.3) is 0 Å². The molecule has 0 unspecified atom stereocenters. The molecule has 4 heteroatoms. The number of hydrogen-bond acceptors (Lipinski definition) is 2. The van der Waals surface area contributed by atoms with Crippen LogP contribution in [0.15, 0.2) is 30.3 Å². The standard InChI is InChI=1S/C16H24N2O2/c1-3-4-5-9-12-17-15(19)16(20)18-13(2)14-10-7-6-8-11-14/h6-8,10-11,13H,3-5,9,12H2,1-2H3,(H,17,19)(H,18,20)/t13-/m0/s1. The Kier molecular flexibility index (Phi) is 7.40. The average Bonchev–Trinajstić information content (AvgIpc) is 2.47. The molecule has 1 rings (SSSR count). The Balaban J connectivity index is 2.29. The van der Waals surface area contributed by atoms with Crippen molar-refractivity contribution < 1.29 is 9.59 Å². The maximum atomic E-state index is 11.7. The fourth-order valence-electron chi connectivity index (χ4n) is 1.92. The normalized spacial score (nSPS) is 11.7. The van der Waals surface area contributed by atoms with Gasteiger partial charge >= 0.3 is 11.8 Å². The number of carbonyl (C=O) groups is 2. The first-order valence-corrected chi connectivity index (χ1v) is 7.28. The monoisotopic (exact) mass is 276 g/mol. The predicted molar refractivity (Wildman–Crippen MR) is 80.2 cm³/mol. The van der Waals surface area contributed by atoms with E-state index in [0.717, 1.165) is 31.2 Å². The van der Waals surface area contributed by atoms with Crippen LogP contribution in [0.4, 0.5) is 0 Å². The number of rotatable bonds is 7. The third-order valence-corrected chi connectivity index (χ3v) is 3.17. The smallest absolute Gasteiger partial charge is 0.309 e. The molecule has 4 nitrogen and oxygen atoms in total. The summed E-state index contributed by atoms with van der Waals surface area (Å²) in [6.45, 7) is 4.56. The molecule has 0 fully saturated rings. The SMILES string of the molecule is CCCCCCNC(=O)C(=O)N[C@@H](C)c1ccccc1. The summed E-state index contributed by atoms with van der Waals surface area (Å²) >= 11 is 0.